The number of carbonyl (C=O) groups excluding carboxylic acids is 1. The maximum Gasteiger partial charge on any atom is 0.254 e. The van der Waals surface area contributed by atoms with E-state index in [2.05, 4.69) is 11.8 Å². The fourth-order valence-corrected chi connectivity index (χ4v) is 2.99. The van der Waals surface area contributed by atoms with Crippen LogP contribution in [0, 0.1) is 18.8 Å². The average Bonchev–Trinajstić information content (AvgIpc) is 2.84. The molecule has 110 valence electrons. The average molecular weight is 285 g/mol. The van der Waals surface area contributed by atoms with Crippen molar-refractivity contribution in [1.29, 1.82) is 0 Å². The van der Waals surface area contributed by atoms with Gasteiger partial charge in [-0.2, -0.15) is 0 Å². The number of morpholine rings is 1. The zero-order chi connectivity index (χ0) is 14.8. The minimum absolute atomic E-state index is 0.0437. The number of aliphatic hydroxyl groups is 1. The van der Waals surface area contributed by atoms with Crippen LogP contribution in [0.2, 0.25) is 0 Å². The Bertz CT molecular complexity index is 602. The lowest BCUT2D eigenvalue weighted by Crippen LogP contribution is -2.45. The van der Waals surface area contributed by atoms with Crippen molar-refractivity contribution in [2.45, 2.75) is 32.0 Å². The molecule has 3 rings (SSSR count). The second-order valence-electron chi connectivity index (χ2n) is 5.66. The molecule has 0 aromatic heterocycles. The Hall–Kier alpha value is -1.83. The zero-order valence-corrected chi connectivity index (χ0v) is 12.1. The predicted molar refractivity (Wildman–Crippen MR) is 78.9 cm³/mol. The summed E-state index contributed by atoms with van der Waals surface area (Å²) < 4.78 is 5.77. The van der Waals surface area contributed by atoms with Crippen LogP contribution in [0.5, 0.6) is 0 Å². The number of nitrogens with zero attached hydrogens (tertiary/aromatic N) is 1. The quantitative estimate of drug-likeness (QED) is 0.792. The van der Waals surface area contributed by atoms with Gasteiger partial charge in [-0.15, -0.1) is 0 Å². The van der Waals surface area contributed by atoms with Gasteiger partial charge < -0.3 is 14.7 Å². The van der Waals surface area contributed by atoms with Gasteiger partial charge in [-0.3, -0.25) is 4.79 Å². The molecule has 21 heavy (non-hydrogen) atoms. The number of fused-ring (bicyclic) bond motifs is 2. The zero-order valence-electron chi connectivity index (χ0n) is 12.1. The summed E-state index contributed by atoms with van der Waals surface area (Å²) in [6.45, 7) is 3.14. The SMILES string of the molecule is Cc1ccc(C(=O)N2CC3CCC(C2)O3)cc1C#CCO. The maximum atomic E-state index is 12.6. The van der Waals surface area contributed by atoms with Crippen molar-refractivity contribution in [1.82, 2.24) is 4.90 Å². The van der Waals surface area contributed by atoms with Crippen LogP contribution in [-0.4, -0.2) is 47.8 Å². The third-order valence-corrected chi connectivity index (χ3v) is 4.12. The Morgan fingerprint density at radius 1 is 1.38 bits per heavy atom. The van der Waals surface area contributed by atoms with E-state index in [4.69, 9.17) is 9.84 Å². The first-order valence-electron chi connectivity index (χ1n) is 7.32. The molecule has 2 aliphatic rings. The third kappa shape index (κ3) is 2.94. The van der Waals surface area contributed by atoms with E-state index < -0.39 is 0 Å². The summed E-state index contributed by atoms with van der Waals surface area (Å²) in [6.07, 6.45) is 2.50. The van der Waals surface area contributed by atoms with Gasteiger partial charge in [-0.1, -0.05) is 17.9 Å². The number of ether oxygens (including phenoxy) is 1. The van der Waals surface area contributed by atoms with E-state index in [0.717, 1.165) is 24.0 Å². The summed E-state index contributed by atoms with van der Waals surface area (Å²) in [4.78, 5) is 14.5. The van der Waals surface area contributed by atoms with E-state index in [1.807, 2.05) is 30.0 Å². The van der Waals surface area contributed by atoms with Gasteiger partial charge in [0.15, 0.2) is 0 Å². The molecule has 4 heteroatoms. The van der Waals surface area contributed by atoms with Crippen molar-refractivity contribution >= 4 is 5.91 Å². The standard InChI is InChI=1S/C17H19NO3/c1-12-4-5-14(9-13(12)3-2-8-19)17(20)18-10-15-6-7-16(11-18)21-15/h4-5,9,15-16,19H,6-8,10-11H2,1H3. The fourth-order valence-electron chi connectivity index (χ4n) is 2.99. The first-order valence-corrected chi connectivity index (χ1v) is 7.32. The van der Waals surface area contributed by atoms with Crippen LogP contribution >= 0.6 is 0 Å². The molecule has 2 bridgehead atoms. The Morgan fingerprint density at radius 3 is 2.76 bits per heavy atom. The van der Waals surface area contributed by atoms with Crippen LogP contribution in [0.15, 0.2) is 18.2 Å². The number of benzene rings is 1. The van der Waals surface area contributed by atoms with E-state index >= 15 is 0 Å². The number of rotatable bonds is 1. The molecule has 2 aliphatic heterocycles. The Kier molecular flexibility index (Phi) is 3.96. The van der Waals surface area contributed by atoms with Crippen LogP contribution in [0.1, 0.15) is 34.3 Å². The van der Waals surface area contributed by atoms with Gasteiger partial charge in [0, 0.05) is 24.2 Å². The molecule has 1 aromatic rings. The molecular weight excluding hydrogens is 266 g/mol. The summed E-state index contributed by atoms with van der Waals surface area (Å²) in [7, 11) is 0. The number of likely N-dealkylation sites (tertiary alicyclic amines) is 1. The van der Waals surface area contributed by atoms with E-state index in [-0.39, 0.29) is 24.7 Å². The molecule has 0 spiro atoms. The Labute approximate surface area is 124 Å². The van der Waals surface area contributed by atoms with Gasteiger partial charge >= 0.3 is 0 Å². The molecule has 0 radical (unpaired) electrons. The normalized spacial score (nSPS) is 23.6. The molecule has 4 nitrogen and oxygen atoms in total. The summed E-state index contributed by atoms with van der Waals surface area (Å²) in [5.41, 5.74) is 2.46. The Balaban J connectivity index is 1.81. The van der Waals surface area contributed by atoms with Crippen molar-refractivity contribution in [2.24, 2.45) is 0 Å². The summed E-state index contributed by atoms with van der Waals surface area (Å²) in [5, 5.41) is 8.80. The highest BCUT2D eigenvalue weighted by molar-refractivity contribution is 5.94. The minimum atomic E-state index is -0.176. The molecule has 1 N–H and O–H groups in total. The minimum Gasteiger partial charge on any atom is -0.384 e. The highest BCUT2D eigenvalue weighted by Crippen LogP contribution is 2.27. The molecular formula is C17H19NO3. The maximum absolute atomic E-state index is 12.6. The third-order valence-electron chi connectivity index (χ3n) is 4.12. The van der Waals surface area contributed by atoms with Crippen molar-refractivity contribution < 1.29 is 14.6 Å². The smallest absolute Gasteiger partial charge is 0.254 e. The van der Waals surface area contributed by atoms with Gasteiger partial charge in [0.1, 0.15) is 6.61 Å². The lowest BCUT2D eigenvalue weighted by molar-refractivity contribution is -0.0303. The molecule has 0 saturated carbocycles. The van der Waals surface area contributed by atoms with E-state index in [9.17, 15) is 4.79 Å². The largest absolute Gasteiger partial charge is 0.384 e. The van der Waals surface area contributed by atoms with Gasteiger partial charge in [0.25, 0.3) is 5.91 Å². The first-order chi connectivity index (χ1) is 10.2. The Morgan fingerprint density at radius 2 is 2.10 bits per heavy atom. The summed E-state index contributed by atoms with van der Waals surface area (Å²) in [5.74, 6) is 5.57. The van der Waals surface area contributed by atoms with Gasteiger partial charge in [-0.05, 0) is 37.5 Å². The van der Waals surface area contributed by atoms with Crippen LogP contribution in [0.25, 0.3) is 0 Å². The van der Waals surface area contributed by atoms with Crippen molar-refractivity contribution in [3.05, 3.63) is 34.9 Å². The van der Waals surface area contributed by atoms with Crippen LogP contribution in [-0.2, 0) is 4.74 Å². The molecule has 2 heterocycles. The van der Waals surface area contributed by atoms with Crippen molar-refractivity contribution in [3.63, 3.8) is 0 Å². The highest BCUT2D eigenvalue weighted by Gasteiger charge is 2.35. The second kappa shape index (κ2) is 5.88. The summed E-state index contributed by atoms with van der Waals surface area (Å²) in [6, 6.07) is 5.57. The molecule has 2 saturated heterocycles. The number of aliphatic hydroxyl groups excluding tert-OH is 1. The number of amides is 1. The fraction of sp³-hybridized carbons (Fsp3) is 0.471. The molecule has 0 aliphatic carbocycles. The van der Waals surface area contributed by atoms with E-state index in [1.165, 1.54) is 0 Å². The highest BCUT2D eigenvalue weighted by atomic mass is 16.5. The van der Waals surface area contributed by atoms with E-state index in [1.54, 1.807) is 0 Å². The number of aryl methyl sites for hydroxylation is 1. The van der Waals surface area contributed by atoms with Crippen LogP contribution < -0.4 is 0 Å². The molecule has 1 amide bonds. The monoisotopic (exact) mass is 285 g/mol. The molecule has 1 aromatic carbocycles. The molecule has 2 unspecified atom stereocenters. The lowest BCUT2D eigenvalue weighted by atomic mass is 10.0. The topological polar surface area (TPSA) is 49.8 Å². The lowest BCUT2D eigenvalue weighted by Gasteiger charge is -2.32. The van der Waals surface area contributed by atoms with Crippen LogP contribution in [0.3, 0.4) is 0 Å². The second-order valence-corrected chi connectivity index (χ2v) is 5.66. The van der Waals surface area contributed by atoms with Crippen LogP contribution in [0.4, 0.5) is 0 Å². The predicted octanol–water partition coefficient (Wildman–Crippen LogP) is 1.34. The molecule has 2 fully saturated rings. The van der Waals surface area contributed by atoms with Gasteiger partial charge in [-0.25, -0.2) is 0 Å². The number of carbonyl (C=O) groups is 1. The van der Waals surface area contributed by atoms with E-state index in [0.29, 0.717) is 18.7 Å². The molecule has 2 atom stereocenters. The summed E-state index contributed by atoms with van der Waals surface area (Å²) >= 11 is 0. The van der Waals surface area contributed by atoms with Gasteiger partial charge in [0.2, 0.25) is 0 Å². The number of hydrogen-bond donors (Lipinski definition) is 1. The van der Waals surface area contributed by atoms with Crippen molar-refractivity contribution in [3.8, 4) is 11.8 Å². The van der Waals surface area contributed by atoms with Crippen molar-refractivity contribution in [2.75, 3.05) is 19.7 Å². The van der Waals surface area contributed by atoms with Gasteiger partial charge in [0.05, 0.1) is 12.2 Å². The first kappa shape index (κ1) is 14.1. The number of hydrogen-bond acceptors (Lipinski definition) is 3.